The lowest BCUT2D eigenvalue weighted by molar-refractivity contribution is -0.116. The molecule has 27 heavy (non-hydrogen) atoms. The Kier molecular flexibility index (Phi) is 5.30. The summed E-state index contributed by atoms with van der Waals surface area (Å²) < 4.78 is 16.4. The monoisotopic (exact) mass is 384 g/mol. The molecule has 0 saturated heterocycles. The van der Waals surface area contributed by atoms with Gasteiger partial charge in [-0.3, -0.25) is 4.79 Å². The average molecular weight is 385 g/mol. The SMILES string of the molecule is C#CCOc1c(Cl)cc([C@H]2C(C#N)=C(N)OC3=C2C(=O)CCC3)cc1OC. The minimum atomic E-state index is -0.667. The molecule has 2 aliphatic rings. The number of halogens is 1. The van der Waals surface area contributed by atoms with Crippen molar-refractivity contribution in [3.05, 3.63) is 45.5 Å². The number of carbonyl (C=O) groups is 1. The third-order valence-electron chi connectivity index (χ3n) is 4.49. The third kappa shape index (κ3) is 3.32. The smallest absolute Gasteiger partial charge is 0.205 e. The molecule has 0 spiro atoms. The second kappa shape index (κ2) is 7.65. The van der Waals surface area contributed by atoms with Crippen molar-refractivity contribution in [3.8, 4) is 29.9 Å². The van der Waals surface area contributed by atoms with E-state index < -0.39 is 5.92 Å². The van der Waals surface area contributed by atoms with Gasteiger partial charge in [0.05, 0.1) is 18.1 Å². The summed E-state index contributed by atoms with van der Waals surface area (Å²) in [6.07, 6.45) is 6.90. The molecule has 3 rings (SSSR count). The summed E-state index contributed by atoms with van der Waals surface area (Å²) in [6, 6.07) is 5.36. The van der Waals surface area contributed by atoms with Gasteiger partial charge in [0.15, 0.2) is 17.3 Å². The van der Waals surface area contributed by atoms with Crippen LogP contribution in [0.2, 0.25) is 5.02 Å². The molecule has 0 amide bonds. The number of carbonyl (C=O) groups excluding carboxylic acids is 1. The topological polar surface area (TPSA) is 94.6 Å². The zero-order valence-electron chi connectivity index (χ0n) is 14.7. The fourth-order valence-corrected chi connectivity index (χ4v) is 3.62. The van der Waals surface area contributed by atoms with E-state index in [1.54, 1.807) is 12.1 Å². The molecule has 138 valence electrons. The first-order chi connectivity index (χ1) is 13.0. The number of nitriles is 1. The fourth-order valence-electron chi connectivity index (χ4n) is 3.35. The first-order valence-electron chi connectivity index (χ1n) is 8.29. The number of ether oxygens (including phenoxy) is 3. The average Bonchev–Trinajstić information content (AvgIpc) is 2.65. The van der Waals surface area contributed by atoms with Crippen LogP contribution in [0.15, 0.2) is 34.9 Å². The Morgan fingerprint density at radius 3 is 2.89 bits per heavy atom. The van der Waals surface area contributed by atoms with Crippen molar-refractivity contribution < 1.29 is 19.0 Å². The molecular formula is C20H17ClN2O4. The first kappa shape index (κ1) is 18.7. The maximum atomic E-state index is 12.6. The molecule has 0 aromatic heterocycles. The summed E-state index contributed by atoms with van der Waals surface area (Å²) in [7, 11) is 1.47. The summed E-state index contributed by atoms with van der Waals surface area (Å²) in [4.78, 5) is 12.6. The molecule has 1 aromatic carbocycles. The van der Waals surface area contributed by atoms with Gasteiger partial charge in [0, 0.05) is 18.4 Å². The van der Waals surface area contributed by atoms with Gasteiger partial charge in [0.1, 0.15) is 24.0 Å². The number of benzene rings is 1. The van der Waals surface area contributed by atoms with E-state index in [-0.39, 0.29) is 28.9 Å². The van der Waals surface area contributed by atoms with Gasteiger partial charge in [-0.1, -0.05) is 17.5 Å². The van der Waals surface area contributed by atoms with Gasteiger partial charge in [-0.25, -0.2) is 0 Å². The second-order valence-electron chi connectivity index (χ2n) is 6.07. The van der Waals surface area contributed by atoms with Crippen molar-refractivity contribution >= 4 is 17.4 Å². The van der Waals surface area contributed by atoms with Crippen molar-refractivity contribution in [1.82, 2.24) is 0 Å². The van der Waals surface area contributed by atoms with E-state index in [4.69, 9.17) is 38.0 Å². The second-order valence-corrected chi connectivity index (χ2v) is 6.47. The molecule has 0 saturated carbocycles. The molecule has 1 heterocycles. The largest absolute Gasteiger partial charge is 0.493 e. The van der Waals surface area contributed by atoms with Gasteiger partial charge in [-0.2, -0.15) is 5.26 Å². The predicted octanol–water partition coefficient (Wildman–Crippen LogP) is 3.18. The maximum Gasteiger partial charge on any atom is 0.205 e. The van der Waals surface area contributed by atoms with Gasteiger partial charge in [-0.15, -0.1) is 6.42 Å². The molecule has 6 nitrogen and oxygen atoms in total. The van der Waals surface area contributed by atoms with Crippen LogP contribution < -0.4 is 15.2 Å². The number of ketones is 1. The van der Waals surface area contributed by atoms with Crippen LogP contribution in [0, 0.1) is 23.7 Å². The quantitative estimate of drug-likeness (QED) is 0.801. The van der Waals surface area contributed by atoms with E-state index in [9.17, 15) is 10.1 Å². The summed E-state index contributed by atoms with van der Waals surface area (Å²) in [5.74, 6) is 2.79. The molecule has 0 unspecified atom stereocenters. The molecule has 0 radical (unpaired) electrons. The maximum absolute atomic E-state index is 12.6. The number of hydrogen-bond donors (Lipinski definition) is 1. The van der Waals surface area contributed by atoms with Crippen molar-refractivity contribution in [1.29, 1.82) is 5.26 Å². The van der Waals surface area contributed by atoms with E-state index in [0.717, 1.165) is 0 Å². The number of methoxy groups -OCH3 is 1. The number of nitrogens with zero attached hydrogens (tertiary/aromatic N) is 1. The number of rotatable bonds is 4. The molecule has 2 N–H and O–H groups in total. The molecule has 0 bridgehead atoms. The van der Waals surface area contributed by atoms with Gasteiger partial charge in [-0.05, 0) is 24.1 Å². The van der Waals surface area contributed by atoms with Gasteiger partial charge in [0.2, 0.25) is 5.88 Å². The van der Waals surface area contributed by atoms with Crippen molar-refractivity contribution in [3.63, 3.8) is 0 Å². The summed E-state index contributed by atoms with van der Waals surface area (Å²) in [5, 5.41) is 9.88. The number of Topliss-reactive ketones (excluding diaryl/α,β-unsaturated/α-hetero) is 1. The number of nitrogens with two attached hydrogens (primary N) is 1. The predicted molar refractivity (Wildman–Crippen MR) is 98.9 cm³/mol. The van der Waals surface area contributed by atoms with Crippen molar-refractivity contribution in [2.24, 2.45) is 5.73 Å². The highest BCUT2D eigenvalue weighted by molar-refractivity contribution is 6.32. The van der Waals surface area contributed by atoms with E-state index in [2.05, 4.69) is 12.0 Å². The molecule has 0 fully saturated rings. The molecule has 1 atom stereocenters. The lowest BCUT2D eigenvalue weighted by Gasteiger charge is -2.31. The number of allylic oxidation sites excluding steroid dienone is 3. The zero-order chi connectivity index (χ0) is 19.6. The van der Waals surface area contributed by atoms with Gasteiger partial charge >= 0.3 is 0 Å². The fraction of sp³-hybridized carbons (Fsp3) is 0.300. The Hall–Kier alpha value is -3.09. The van der Waals surface area contributed by atoms with Crippen LogP contribution in [0.4, 0.5) is 0 Å². The molecular weight excluding hydrogens is 368 g/mol. The summed E-state index contributed by atoms with van der Waals surface area (Å²) in [5.41, 5.74) is 7.16. The van der Waals surface area contributed by atoms with Gasteiger partial charge in [0.25, 0.3) is 0 Å². The molecule has 7 heteroatoms. The van der Waals surface area contributed by atoms with E-state index >= 15 is 0 Å². The van der Waals surface area contributed by atoms with Crippen LogP contribution in [0.5, 0.6) is 11.5 Å². The highest BCUT2D eigenvalue weighted by Gasteiger charge is 2.38. The van der Waals surface area contributed by atoms with E-state index in [1.807, 2.05) is 0 Å². The summed E-state index contributed by atoms with van der Waals surface area (Å²) in [6.45, 7) is 0.0246. The minimum absolute atomic E-state index is 0.00121. The lowest BCUT2D eigenvalue weighted by atomic mass is 9.77. The number of hydrogen-bond acceptors (Lipinski definition) is 6. The Labute approximate surface area is 162 Å². The molecule has 1 aromatic rings. The normalized spacial score (nSPS) is 19.0. The first-order valence-corrected chi connectivity index (χ1v) is 8.67. The Balaban J connectivity index is 2.17. The van der Waals surface area contributed by atoms with Crippen LogP contribution >= 0.6 is 11.6 Å². The van der Waals surface area contributed by atoms with Crippen molar-refractivity contribution in [2.45, 2.75) is 25.2 Å². The summed E-state index contributed by atoms with van der Waals surface area (Å²) >= 11 is 6.37. The van der Waals surface area contributed by atoms with E-state index in [1.165, 1.54) is 7.11 Å². The standard InChI is InChI=1S/C20H17ClN2O4/c1-3-7-26-19-13(21)8-11(9-16(19)25-2)17-12(10-22)20(23)27-15-6-4-5-14(24)18(15)17/h1,8-9,17H,4-7,23H2,2H3/t17-/m0/s1. The minimum Gasteiger partial charge on any atom is -0.493 e. The van der Waals surface area contributed by atoms with Crippen LogP contribution in [-0.2, 0) is 9.53 Å². The van der Waals surface area contributed by atoms with Crippen molar-refractivity contribution in [2.75, 3.05) is 13.7 Å². The highest BCUT2D eigenvalue weighted by Crippen LogP contribution is 2.46. The zero-order valence-corrected chi connectivity index (χ0v) is 15.4. The Morgan fingerprint density at radius 1 is 1.44 bits per heavy atom. The Bertz CT molecular complexity index is 950. The van der Waals surface area contributed by atoms with Crippen LogP contribution in [0.25, 0.3) is 0 Å². The number of terminal acetylenes is 1. The van der Waals surface area contributed by atoms with Gasteiger partial charge < -0.3 is 19.9 Å². The van der Waals surface area contributed by atoms with Crippen LogP contribution in [0.1, 0.15) is 30.7 Å². The van der Waals surface area contributed by atoms with E-state index in [0.29, 0.717) is 47.7 Å². The molecule has 1 aliphatic carbocycles. The molecule has 1 aliphatic heterocycles. The Morgan fingerprint density at radius 2 is 2.22 bits per heavy atom. The highest BCUT2D eigenvalue weighted by atomic mass is 35.5. The lowest BCUT2D eigenvalue weighted by Crippen LogP contribution is -2.27. The van der Waals surface area contributed by atoms with Crippen LogP contribution in [-0.4, -0.2) is 19.5 Å². The third-order valence-corrected chi connectivity index (χ3v) is 4.77. The van der Waals surface area contributed by atoms with Crippen LogP contribution in [0.3, 0.4) is 0 Å².